The molecule has 78 valence electrons. The molecule has 1 aromatic heterocycles. The molecule has 1 heterocycles. The minimum Gasteiger partial charge on any atom is -0.320 e. The molecule has 1 rings (SSSR count). The SMILES string of the molecule is CC(C)c1csc(NC(=O)[C@H](C)N)n1. The van der Waals surface area contributed by atoms with E-state index in [9.17, 15) is 4.79 Å². The van der Waals surface area contributed by atoms with Gasteiger partial charge in [0, 0.05) is 5.38 Å². The van der Waals surface area contributed by atoms with Gasteiger partial charge in [-0.3, -0.25) is 4.79 Å². The van der Waals surface area contributed by atoms with Gasteiger partial charge in [0.25, 0.3) is 0 Å². The fourth-order valence-electron chi connectivity index (χ4n) is 0.828. The summed E-state index contributed by atoms with van der Waals surface area (Å²) in [4.78, 5) is 15.5. The highest BCUT2D eigenvalue weighted by Gasteiger charge is 2.11. The van der Waals surface area contributed by atoms with Crippen molar-refractivity contribution in [1.29, 1.82) is 0 Å². The maximum Gasteiger partial charge on any atom is 0.242 e. The number of rotatable bonds is 3. The first kappa shape index (κ1) is 11.1. The molecule has 0 spiro atoms. The zero-order valence-corrected chi connectivity index (χ0v) is 9.39. The van der Waals surface area contributed by atoms with Gasteiger partial charge in [-0.2, -0.15) is 0 Å². The first-order chi connectivity index (χ1) is 6.50. The van der Waals surface area contributed by atoms with Gasteiger partial charge in [0.2, 0.25) is 5.91 Å². The zero-order chi connectivity index (χ0) is 10.7. The number of hydrogen-bond acceptors (Lipinski definition) is 4. The predicted octanol–water partition coefficient (Wildman–Crippen LogP) is 1.55. The number of thiazole rings is 1. The Bertz CT molecular complexity index is 320. The molecule has 0 aliphatic rings. The Morgan fingerprint density at radius 2 is 2.21 bits per heavy atom. The van der Waals surface area contributed by atoms with E-state index in [0.29, 0.717) is 11.0 Å². The highest BCUT2D eigenvalue weighted by Crippen LogP contribution is 2.21. The van der Waals surface area contributed by atoms with E-state index in [1.54, 1.807) is 6.92 Å². The van der Waals surface area contributed by atoms with Crippen LogP contribution in [0.15, 0.2) is 5.38 Å². The van der Waals surface area contributed by atoms with Gasteiger partial charge >= 0.3 is 0 Å². The smallest absolute Gasteiger partial charge is 0.242 e. The summed E-state index contributed by atoms with van der Waals surface area (Å²) in [6.07, 6.45) is 0. The van der Waals surface area contributed by atoms with E-state index in [4.69, 9.17) is 5.73 Å². The normalized spacial score (nSPS) is 12.9. The number of carbonyl (C=O) groups is 1. The number of aromatic nitrogens is 1. The third-order valence-electron chi connectivity index (χ3n) is 1.76. The number of nitrogens with one attached hydrogen (secondary N) is 1. The fraction of sp³-hybridized carbons (Fsp3) is 0.556. The predicted molar refractivity (Wildman–Crippen MR) is 58.5 cm³/mol. The summed E-state index contributed by atoms with van der Waals surface area (Å²) in [6, 6.07) is -0.499. The third-order valence-corrected chi connectivity index (χ3v) is 2.53. The van der Waals surface area contributed by atoms with E-state index >= 15 is 0 Å². The molecule has 1 atom stereocenters. The van der Waals surface area contributed by atoms with Crippen molar-refractivity contribution in [2.24, 2.45) is 5.73 Å². The minimum absolute atomic E-state index is 0.199. The second-order valence-electron chi connectivity index (χ2n) is 3.51. The molecule has 0 saturated heterocycles. The Morgan fingerprint density at radius 3 is 2.64 bits per heavy atom. The number of amides is 1. The first-order valence-corrected chi connectivity index (χ1v) is 5.40. The van der Waals surface area contributed by atoms with Gasteiger partial charge in [-0.1, -0.05) is 13.8 Å². The van der Waals surface area contributed by atoms with Crippen LogP contribution < -0.4 is 11.1 Å². The van der Waals surface area contributed by atoms with E-state index < -0.39 is 6.04 Å². The van der Waals surface area contributed by atoms with Crippen molar-refractivity contribution in [1.82, 2.24) is 4.98 Å². The molecule has 0 saturated carbocycles. The van der Waals surface area contributed by atoms with Gasteiger partial charge in [-0.25, -0.2) is 4.98 Å². The summed E-state index contributed by atoms with van der Waals surface area (Å²) in [5.41, 5.74) is 6.41. The lowest BCUT2D eigenvalue weighted by atomic mass is 10.2. The molecule has 0 fully saturated rings. The van der Waals surface area contributed by atoms with Crippen LogP contribution in [-0.4, -0.2) is 16.9 Å². The maximum atomic E-state index is 11.2. The van der Waals surface area contributed by atoms with Crippen molar-refractivity contribution >= 4 is 22.4 Å². The average molecular weight is 213 g/mol. The summed E-state index contributed by atoms with van der Waals surface area (Å²) in [5, 5.41) is 5.23. The molecule has 1 amide bonds. The zero-order valence-electron chi connectivity index (χ0n) is 8.57. The Balaban J connectivity index is 2.64. The highest BCUT2D eigenvalue weighted by atomic mass is 32.1. The van der Waals surface area contributed by atoms with E-state index in [2.05, 4.69) is 24.1 Å². The molecule has 0 aliphatic heterocycles. The van der Waals surface area contributed by atoms with Gasteiger partial charge in [-0.05, 0) is 12.8 Å². The number of nitrogens with two attached hydrogens (primary N) is 1. The molecule has 4 nitrogen and oxygen atoms in total. The number of anilines is 1. The largest absolute Gasteiger partial charge is 0.320 e. The van der Waals surface area contributed by atoms with E-state index in [1.807, 2.05) is 5.38 Å². The molecule has 3 N–H and O–H groups in total. The summed E-state index contributed by atoms with van der Waals surface area (Å²) in [7, 11) is 0. The summed E-state index contributed by atoms with van der Waals surface area (Å²) in [6.45, 7) is 5.77. The summed E-state index contributed by atoms with van der Waals surface area (Å²) < 4.78 is 0. The van der Waals surface area contributed by atoms with Crippen LogP contribution in [0.25, 0.3) is 0 Å². The van der Waals surface area contributed by atoms with Crippen LogP contribution in [0.4, 0.5) is 5.13 Å². The molecule has 0 bridgehead atoms. The number of hydrogen-bond donors (Lipinski definition) is 2. The lowest BCUT2D eigenvalue weighted by molar-refractivity contribution is -0.117. The Kier molecular flexibility index (Phi) is 3.60. The van der Waals surface area contributed by atoms with Crippen LogP contribution in [0.1, 0.15) is 32.4 Å². The summed E-state index contributed by atoms with van der Waals surface area (Å²) >= 11 is 1.42. The van der Waals surface area contributed by atoms with Crippen LogP contribution >= 0.6 is 11.3 Å². The average Bonchev–Trinajstić information content (AvgIpc) is 2.52. The second kappa shape index (κ2) is 4.52. The van der Waals surface area contributed by atoms with Crippen LogP contribution in [-0.2, 0) is 4.79 Å². The van der Waals surface area contributed by atoms with E-state index in [-0.39, 0.29) is 5.91 Å². The van der Waals surface area contributed by atoms with Crippen LogP contribution in [0.3, 0.4) is 0 Å². The van der Waals surface area contributed by atoms with Crippen molar-refractivity contribution in [2.75, 3.05) is 5.32 Å². The lowest BCUT2D eigenvalue weighted by Crippen LogP contribution is -2.32. The standard InChI is InChI=1S/C9H15N3OS/c1-5(2)7-4-14-9(11-7)12-8(13)6(3)10/h4-6H,10H2,1-3H3,(H,11,12,13)/t6-/m0/s1. The van der Waals surface area contributed by atoms with Crippen molar-refractivity contribution < 1.29 is 4.79 Å². The van der Waals surface area contributed by atoms with Crippen molar-refractivity contribution in [2.45, 2.75) is 32.7 Å². The molecule has 5 heteroatoms. The quantitative estimate of drug-likeness (QED) is 0.800. The second-order valence-corrected chi connectivity index (χ2v) is 4.37. The Morgan fingerprint density at radius 1 is 1.57 bits per heavy atom. The molecule has 0 aliphatic carbocycles. The number of carbonyl (C=O) groups excluding carboxylic acids is 1. The van der Waals surface area contributed by atoms with Gasteiger partial charge in [0.15, 0.2) is 5.13 Å². The van der Waals surface area contributed by atoms with Crippen molar-refractivity contribution in [3.8, 4) is 0 Å². The van der Waals surface area contributed by atoms with Gasteiger partial charge < -0.3 is 11.1 Å². The molecule has 1 aromatic rings. The first-order valence-electron chi connectivity index (χ1n) is 4.52. The van der Waals surface area contributed by atoms with Gasteiger partial charge in [0.05, 0.1) is 11.7 Å². The van der Waals surface area contributed by atoms with Crippen molar-refractivity contribution in [3.05, 3.63) is 11.1 Å². The minimum atomic E-state index is -0.499. The molecule has 0 unspecified atom stereocenters. The molecule has 0 radical (unpaired) electrons. The van der Waals surface area contributed by atoms with Crippen LogP contribution in [0.2, 0.25) is 0 Å². The topological polar surface area (TPSA) is 68.0 Å². The van der Waals surface area contributed by atoms with Gasteiger partial charge in [0.1, 0.15) is 0 Å². The van der Waals surface area contributed by atoms with Crippen LogP contribution in [0, 0.1) is 0 Å². The maximum absolute atomic E-state index is 11.2. The Hall–Kier alpha value is -0.940. The summed E-state index contributed by atoms with van der Waals surface area (Å²) in [5.74, 6) is 0.182. The van der Waals surface area contributed by atoms with E-state index in [0.717, 1.165) is 5.69 Å². The monoisotopic (exact) mass is 213 g/mol. The van der Waals surface area contributed by atoms with Crippen molar-refractivity contribution in [3.63, 3.8) is 0 Å². The molecule has 0 aromatic carbocycles. The highest BCUT2D eigenvalue weighted by molar-refractivity contribution is 7.13. The molecular formula is C9H15N3OS. The van der Waals surface area contributed by atoms with Gasteiger partial charge in [-0.15, -0.1) is 11.3 Å². The van der Waals surface area contributed by atoms with Crippen LogP contribution in [0.5, 0.6) is 0 Å². The third kappa shape index (κ3) is 2.78. The molecular weight excluding hydrogens is 198 g/mol. The van der Waals surface area contributed by atoms with E-state index in [1.165, 1.54) is 11.3 Å². The fourth-order valence-corrected chi connectivity index (χ4v) is 1.70. The number of nitrogens with zero attached hydrogens (tertiary/aromatic N) is 1. The Labute approximate surface area is 87.5 Å². The lowest BCUT2D eigenvalue weighted by Gasteiger charge is -2.03. The molecule has 14 heavy (non-hydrogen) atoms.